The van der Waals surface area contributed by atoms with Crippen LogP contribution in [0.4, 0.5) is 5.69 Å². The number of nitrogens with one attached hydrogen (secondary N) is 2. The Bertz CT molecular complexity index is 567. The van der Waals surface area contributed by atoms with Crippen molar-refractivity contribution in [3.8, 4) is 0 Å². The molecule has 1 aromatic carbocycles. The van der Waals surface area contributed by atoms with Crippen molar-refractivity contribution in [2.24, 2.45) is 0 Å². The van der Waals surface area contributed by atoms with Crippen molar-refractivity contribution in [2.45, 2.75) is 40.2 Å². The highest BCUT2D eigenvalue weighted by molar-refractivity contribution is 6.30. The third-order valence-corrected chi connectivity index (χ3v) is 3.39. The van der Waals surface area contributed by atoms with Crippen molar-refractivity contribution in [3.05, 3.63) is 28.8 Å². The molecule has 0 aliphatic heterocycles. The van der Waals surface area contributed by atoms with Crippen LogP contribution in [-0.4, -0.2) is 41.9 Å². The number of amides is 2. The highest BCUT2D eigenvalue weighted by Gasteiger charge is 2.18. The molecule has 2 N–H and O–H groups in total. The summed E-state index contributed by atoms with van der Waals surface area (Å²) in [6.45, 7) is 10.6. The summed E-state index contributed by atoms with van der Waals surface area (Å²) in [6.07, 6.45) is 0. The van der Waals surface area contributed by atoms with Crippen molar-refractivity contribution in [1.29, 1.82) is 0 Å². The molecular formula is C17H26ClN3O2. The Hall–Kier alpha value is -1.59. The van der Waals surface area contributed by atoms with Crippen molar-refractivity contribution < 1.29 is 9.59 Å². The number of hydrogen-bond donors (Lipinski definition) is 2. The minimum Gasteiger partial charge on any atom is -0.350 e. The van der Waals surface area contributed by atoms with Gasteiger partial charge in [0.05, 0.1) is 13.1 Å². The minimum absolute atomic E-state index is 0.0881. The molecule has 0 saturated heterocycles. The van der Waals surface area contributed by atoms with E-state index < -0.39 is 0 Å². The van der Waals surface area contributed by atoms with Crippen LogP contribution in [0, 0.1) is 6.92 Å². The third kappa shape index (κ3) is 7.48. The normalized spacial score (nSPS) is 11.4. The van der Waals surface area contributed by atoms with Crippen LogP contribution in [0.3, 0.4) is 0 Å². The second-order valence-electron chi connectivity index (χ2n) is 6.61. The predicted molar refractivity (Wildman–Crippen MR) is 94.8 cm³/mol. The SMILES string of the molecule is CCN(CC(=O)Nc1ccc(Cl)cc1C)CC(=O)NC(C)(C)C. The first kappa shape index (κ1) is 19.5. The van der Waals surface area contributed by atoms with Gasteiger partial charge in [0.1, 0.15) is 0 Å². The smallest absolute Gasteiger partial charge is 0.238 e. The molecule has 0 bridgehead atoms. The molecule has 0 unspecified atom stereocenters. The fourth-order valence-corrected chi connectivity index (χ4v) is 2.33. The van der Waals surface area contributed by atoms with Crippen LogP contribution in [0.1, 0.15) is 33.3 Å². The van der Waals surface area contributed by atoms with Crippen molar-refractivity contribution in [3.63, 3.8) is 0 Å². The lowest BCUT2D eigenvalue weighted by atomic mass is 10.1. The van der Waals surface area contributed by atoms with Gasteiger partial charge in [-0.2, -0.15) is 0 Å². The number of halogens is 1. The van der Waals surface area contributed by atoms with E-state index in [1.165, 1.54) is 0 Å². The van der Waals surface area contributed by atoms with E-state index >= 15 is 0 Å². The lowest BCUT2D eigenvalue weighted by Crippen LogP contribution is -2.47. The van der Waals surface area contributed by atoms with Gasteiger partial charge in [-0.05, 0) is 58.0 Å². The van der Waals surface area contributed by atoms with E-state index in [0.29, 0.717) is 11.6 Å². The average molecular weight is 340 g/mol. The van der Waals surface area contributed by atoms with E-state index in [9.17, 15) is 9.59 Å². The lowest BCUT2D eigenvalue weighted by Gasteiger charge is -2.24. The Kier molecular flexibility index (Phi) is 7.03. The van der Waals surface area contributed by atoms with Gasteiger partial charge >= 0.3 is 0 Å². The topological polar surface area (TPSA) is 61.4 Å². The van der Waals surface area contributed by atoms with Crippen molar-refractivity contribution >= 4 is 29.1 Å². The Morgan fingerprint density at radius 3 is 2.30 bits per heavy atom. The maximum Gasteiger partial charge on any atom is 0.238 e. The van der Waals surface area contributed by atoms with Gasteiger partial charge in [-0.15, -0.1) is 0 Å². The van der Waals surface area contributed by atoms with Gasteiger partial charge < -0.3 is 10.6 Å². The Balaban J connectivity index is 2.58. The van der Waals surface area contributed by atoms with E-state index in [0.717, 1.165) is 11.3 Å². The Morgan fingerprint density at radius 1 is 1.17 bits per heavy atom. The molecular weight excluding hydrogens is 314 g/mol. The summed E-state index contributed by atoms with van der Waals surface area (Å²) in [5.74, 6) is -0.240. The minimum atomic E-state index is -0.279. The number of rotatable bonds is 6. The van der Waals surface area contributed by atoms with Crippen LogP contribution in [0.25, 0.3) is 0 Å². The number of likely N-dealkylation sites (N-methyl/N-ethyl adjacent to an activating group) is 1. The first-order valence-electron chi connectivity index (χ1n) is 7.70. The molecule has 0 heterocycles. The summed E-state index contributed by atoms with van der Waals surface area (Å²) in [5, 5.41) is 6.38. The number of nitrogens with zero attached hydrogens (tertiary/aromatic N) is 1. The van der Waals surface area contributed by atoms with E-state index in [2.05, 4.69) is 10.6 Å². The summed E-state index contributed by atoms with van der Waals surface area (Å²) in [4.78, 5) is 25.9. The third-order valence-electron chi connectivity index (χ3n) is 3.16. The predicted octanol–water partition coefficient (Wildman–Crippen LogP) is 2.82. The largest absolute Gasteiger partial charge is 0.350 e. The number of benzene rings is 1. The lowest BCUT2D eigenvalue weighted by molar-refractivity contribution is -0.124. The summed E-state index contributed by atoms with van der Waals surface area (Å²) in [7, 11) is 0. The van der Waals surface area contributed by atoms with Gasteiger partial charge in [0, 0.05) is 16.2 Å². The fraction of sp³-hybridized carbons (Fsp3) is 0.529. The second kappa shape index (κ2) is 8.31. The second-order valence-corrected chi connectivity index (χ2v) is 7.05. The fourth-order valence-electron chi connectivity index (χ4n) is 2.10. The van der Waals surface area contributed by atoms with Gasteiger partial charge in [-0.25, -0.2) is 0 Å². The highest BCUT2D eigenvalue weighted by Crippen LogP contribution is 2.19. The molecule has 5 nitrogen and oxygen atoms in total. The van der Waals surface area contributed by atoms with Crippen LogP contribution in [0.5, 0.6) is 0 Å². The van der Waals surface area contributed by atoms with Gasteiger partial charge in [0.15, 0.2) is 0 Å². The van der Waals surface area contributed by atoms with Crippen LogP contribution < -0.4 is 10.6 Å². The maximum atomic E-state index is 12.2. The number of anilines is 1. The molecule has 23 heavy (non-hydrogen) atoms. The quantitative estimate of drug-likeness (QED) is 0.837. The summed E-state index contributed by atoms with van der Waals surface area (Å²) in [5.41, 5.74) is 1.35. The first-order valence-corrected chi connectivity index (χ1v) is 8.08. The van der Waals surface area contributed by atoms with Crippen molar-refractivity contribution in [1.82, 2.24) is 10.2 Å². The molecule has 6 heteroatoms. The molecule has 2 amide bonds. The number of hydrogen-bond acceptors (Lipinski definition) is 3. The summed E-state index contributed by atoms with van der Waals surface area (Å²) >= 11 is 5.90. The number of aryl methyl sites for hydroxylation is 1. The van der Waals surface area contributed by atoms with Crippen molar-refractivity contribution in [2.75, 3.05) is 25.0 Å². The zero-order chi connectivity index (χ0) is 17.6. The molecule has 128 valence electrons. The molecule has 0 fully saturated rings. The first-order chi connectivity index (χ1) is 10.6. The molecule has 0 aliphatic carbocycles. The molecule has 1 rings (SSSR count). The zero-order valence-corrected chi connectivity index (χ0v) is 15.3. The molecule has 0 aromatic heterocycles. The Labute approximate surface area is 143 Å². The van der Waals surface area contributed by atoms with Crippen LogP contribution in [0.2, 0.25) is 5.02 Å². The molecule has 0 saturated carbocycles. The number of carbonyl (C=O) groups excluding carboxylic acids is 2. The number of carbonyl (C=O) groups is 2. The standard InChI is InChI=1S/C17H26ClN3O2/c1-6-21(11-16(23)20-17(3,4)5)10-15(22)19-14-8-7-13(18)9-12(14)2/h7-9H,6,10-11H2,1-5H3,(H,19,22)(H,20,23). The monoisotopic (exact) mass is 339 g/mol. The zero-order valence-electron chi connectivity index (χ0n) is 14.5. The van der Waals surface area contributed by atoms with Crippen LogP contribution >= 0.6 is 11.6 Å². The molecule has 0 aliphatic rings. The molecule has 0 spiro atoms. The summed E-state index contributed by atoms with van der Waals surface area (Å²) < 4.78 is 0. The average Bonchev–Trinajstić information content (AvgIpc) is 2.39. The van der Waals surface area contributed by atoms with E-state index in [-0.39, 0.29) is 30.4 Å². The molecule has 0 radical (unpaired) electrons. The van der Waals surface area contributed by atoms with Gasteiger partial charge in [0.2, 0.25) is 11.8 Å². The van der Waals surface area contributed by atoms with Gasteiger partial charge in [-0.1, -0.05) is 18.5 Å². The molecule has 1 aromatic rings. The summed E-state index contributed by atoms with van der Waals surface area (Å²) in [6, 6.07) is 5.31. The van der Waals surface area contributed by atoms with Gasteiger partial charge in [0.25, 0.3) is 0 Å². The van der Waals surface area contributed by atoms with Gasteiger partial charge in [-0.3, -0.25) is 14.5 Å². The van der Waals surface area contributed by atoms with Crippen LogP contribution in [-0.2, 0) is 9.59 Å². The van der Waals surface area contributed by atoms with Crippen LogP contribution in [0.15, 0.2) is 18.2 Å². The van der Waals surface area contributed by atoms with E-state index in [1.54, 1.807) is 23.1 Å². The highest BCUT2D eigenvalue weighted by atomic mass is 35.5. The van der Waals surface area contributed by atoms with E-state index in [1.807, 2.05) is 34.6 Å². The van der Waals surface area contributed by atoms with E-state index in [4.69, 9.17) is 11.6 Å². The maximum absolute atomic E-state index is 12.2. The molecule has 0 atom stereocenters. The Morgan fingerprint density at radius 2 is 1.78 bits per heavy atom.